The summed E-state index contributed by atoms with van der Waals surface area (Å²) in [7, 11) is 1.24. The Kier molecular flexibility index (Phi) is 5.56. The second kappa shape index (κ2) is 8.06. The molecule has 0 aliphatic carbocycles. The lowest BCUT2D eigenvalue weighted by molar-refractivity contribution is 0.0601. The van der Waals surface area contributed by atoms with Gasteiger partial charge in [0, 0.05) is 23.0 Å². The number of aromatic nitrogens is 1. The summed E-state index contributed by atoms with van der Waals surface area (Å²) in [5, 5.41) is 2.74. The fourth-order valence-electron chi connectivity index (χ4n) is 2.62. The molecule has 0 fully saturated rings. The van der Waals surface area contributed by atoms with Crippen molar-refractivity contribution in [3.05, 3.63) is 76.8 Å². The number of nitrogen functional groups attached to an aromatic ring is 1. The number of esters is 1. The number of pyridine rings is 1. The molecule has 0 radical (unpaired) electrons. The Balaban J connectivity index is 1.88. The minimum atomic E-state index is -0.590. The Labute approximate surface area is 165 Å². The average molecular weight is 400 g/mol. The number of methoxy groups -OCH3 is 1. The Hall–Kier alpha value is -3.45. The van der Waals surface area contributed by atoms with Gasteiger partial charge in [-0.3, -0.25) is 9.78 Å². The molecule has 0 aliphatic heterocycles. The first-order chi connectivity index (χ1) is 13.4. The molecule has 3 N–H and O–H groups in total. The summed E-state index contributed by atoms with van der Waals surface area (Å²) in [6.07, 6.45) is 2.98. The molecular formula is C20H15ClFN3O3. The van der Waals surface area contributed by atoms with E-state index in [1.807, 2.05) is 0 Å². The number of hydrogen-bond donors (Lipinski definition) is 2. The van der Waals surface area contributed by atoms with Crippen LogP contribution in [-0.4, -0.2) is 24.0 Å². The molecule has 1 heterocycles. The van der Waals surface area contributed by atoms with Gasteiger partial charge in [-0.2, -0.15) is 0 Å². The van der Waals surface area contributed by atoms with Crippen LogP contribution >= 0.6 is 11.6 Å². The number of nitrogens with zero attached hydrogens (tertiary/aromatic N) is 1. The lowest BCUT2D eigenvalue weighted by Gasteiger charge is -2.10. The highest BCUT2D eigenvalue weighted by atomic mass is 35.5. The highest BCUT2D eigenvalue weighted by Crippen LogP contribution is 2.27. The largest absolute Gasteiger partial charge is 0.465 e. The standard InChI is InChI=1S/C20H15ClFN3O3/c1-28-20(27)16-3-2-14(9-17(16)21)25-19(26)12-6-11(7-13(22)8-12)15-4-5-24-10-18(15)23/h2-10H,23H2,1H3,(H,25,26). The van der Waals surface area contributed by atoms with E-state index in [9.17, 15) is 14.0 Å². The summed E-state index contributed by atoms with van der Waals surface area (Å²) in [5.41, 5.74) is 7.87. The number of benzene rings is 2. The summed E-state index contributed by atoms with van der Waals surface area (Å²) >= 11 is 6.05. The maximum Gasteiger partial charge on any atom is 0.339 e. The SMILES string of the molecule is COC(=O)c1ccc(NC(=O)c2cc(F)cc(-c3ccncc3N)c2)cc1Cl. The predicted molar refractivity (Wildman–Crippen MR) is 105 cm³/mol. The van der Waals surface area contributed by atoms with E-state index < -0.39 is 17.7 Å². The summed E-state index contributed by atoms with van der Waals surface area (Å²) in [5.74, 6) is -1.72. The zero-order valence-corrected chi connectivity index (χ0v) is 15.5. The number of carbonyl (C=O) groups is 2. The number of nitrogens with one attached hydrogen (secondary N) is 1. The molecule has 0 bridgehead atoms. The van der Waals surface area contributed by atoms with Gasteiger partial charge in [-0.15, -0.1) is 0 Å². The van der Waals surface area contributed by atoms with Crippen LogP contribution in [0.3, 0.4) is 0 Å². The van der Waals surface area contributed by atoms with Gasteiger partial charge < -0.3 is 15.8 Å². The highest BCUT2D eigenvalue weighted by molar-refractivity contribution is 6.34. The van der Waals surface area contributed by atoms with Gasteiger partial charge in [0.15, 0.2) is 0 Å². The summed E-state index contributed by atoms with van der Waals surface area (Å²) in [4.78, 5) is 28.0. The first-order valence-electron chi connectivity index (χ1n) is 8.08. The molecule has 0 atom stereocenters. The van der Waals surface area contributed by atoms with E-state index in [1.54, 1.807) is 6.07 Å². The van der Waals surface area contributed by atoms with Crippen molar-refractivity contribution in [1.82, 2.24) is 4.98 Å². The second-order valence-corrected chi connectivity index (χ2v) is 6.24. The van der Waals surface area contributed by atoms with Crippen molar-refractivity contribution in [1.29, 1.82) is 0 Å². The minimum Gasteiger partial charge on any atom is -0.465 e. The van der Waals surface area contributed by atoms with Crippen LogP contribution in [0.15, 0.2) is 54.9 Å². The van der Waals surface area contributed by atoms with Crippen LogP contribution in [0.4, 0.5) is 15.8 Å². The van der Waals surface area contributed by atoms with Gasteiger partial charge in [-0.25, -0.2) is 9.18 Å². The molecule has 0 spiro atoms. The van der Waals surface area contributed by atoms with Crippen LogP contribution in [0, 0.1) is 5.82 Å². The van der Waals surface area contributed by atoms with Gasteiger partial charge in [-0.05, 0) is 48.0 Å². The average Bonchev–Trinajstić information content (AvgIpc) is 2.67. The Morgan fingerprint density at radius 3 is 2.64 bits per heavy atom. The van der Waals surface area contributed by atoms with E-state index in [4.69, 9.17) is 17.3 Å². The molecule has 3 aromatic rings. The molecule has 1 aromatic heterocycles. The summed E-state index contributed by atoms with van der Waals surface area (Å²) < 4.78 is 18.7. The molecule has 3 rings (SSSR count). The number of hydrogen-bond acceptors (Lipinski definition) is 5. The molecule has 0 unspecified atom stereocenters. The quantitative estimate of drug-likeness (QED) is 0.642. The van der Waals surface area contributed by atoms with Crippen LogP contribution in [-0.2, 0) is 4.74 Å². The van der Waals surface area contributed by atoms with E-state index in [0.717, 1.165) is 6.07 Å². The van der Waals surface area contributed by atoms with Gasteiger partial charge in [0.25, 0.3) is 5.91 Å². The molecule has 0 saturated heterocycles. The molecule has 2 aromatic carbocycles. The first kappa shape index (κ1) is 19.3. The lowest BCUT2D eigenvalue weighted by atomic mass is 10.0. The zero-order valence-electron chi connectivity index (χ0n) is 14.7. The molecule has 0 saturated carbocycles. The monoisotopic (exact) mass is 399 g/mol. The molecule has 1 amide bonds. The number of anilines is 2. The number of carbonyl (C=O) groups excluding carboxylic acids is 2. The number of ether oxygens (including phenoxy) is 1. The van der Waals surface area contributed by atoms with Crippen molar-refractivity contribution in [2.75, 3.05) is 18.2 Å². The van der Waals surface area contributed by atoms with E-state index in [0.29, 0.717) is 22.5 Å². The number of nitrogens with two attached hydrogens (primary N) is 1. The maximum absolute atomic E-state index is 14.1. The topological polar surface area (TPSA) is 94.3 Å². The third-order valence-corrected chi connectivity index (χ3v) is 4.27. The van der Waals surface area contributed by atoms with Gasteiger partial charge in [0.1, 0.15) is 5.82 Å². The summed E-state index contributed by atoms with van der Waals surface area (Å²) in [6, 6.07) is 9.89. The minimum absolute atomic E-state index is 0.0966. The van der Waals surface area contributed by atoms with Crippen molar-refractivity contribution in [2.24, 2.45) is 0 Å². The van der Waals surface area contributed by atoms with Crippen LogP contribution < -0.4 is 11.1 Å². The number of rotatable bonds is 4. The van der Waals surface area contributed by atoms with Crippen molar-refractivity contribution < 1.29 is 18.7 Å². The van der Waals surface area contributed by atoms with Crippen molar-refractivity contribution in [2.45, 2.75) is 0 Å². The highest BCUT2D eigenvalue weighted by Gasteiger charge is 2.14. The third-order valence-electron chi connectivity index (χ3n) is 3.96. The molecule has 0 aliphatic rings. The van der Waals surface area contributed by atoms with E-state index in [2.05, 4.69) is 15.0 Å². The fourth-order valence-corrected chi connectivity index (χ4v) is 2.88. The molecule has 142 valence electrons. The smallest absolute Gasteiger partial charge is 0.339 e. The Morgan fingerprint density at radius 2 is 1.96 bits per heavy atom. The van der Waals surface area contributed by atoms with E-state index in [-0.39, 0.29) is 16.1 Å². The molecular weight excluding hydrogens is 385 g/mol. The zero-order chi connectivity index (χ0) is 20.3. The Bertz CT molecular complexity index is 1070. The van der Waals surface area contributed by atoms with Crippen LogP contribution in [0.1, 0.15) is 20.7 Å². The first-order valence-corrected chi connectivity index (χ1v) is 8.46. The van der Waals surface area contributed by atoms with Crippen LogP contribution in [0.2, 0.25) is 5.02 Å². The van der Waals surface area contributed by atoms with Crippen molar-refractivity contribution in [3.63, 3.8) is 0 Å². The van der Waals surface area contributed by atoms with E-state index in [1.165, 1.54) is 49.8 Å². The van der Waals surface area contributed by atoms with Gasteiger partial charge in [0.05, 0.1) is 29.6 Å². The number of amides is 1. The molecule has 8 heteroatoms. The predicted octanol–water partition coefficient (Wildman–Crippen LogP) is 4.16. The summed E-state index contributed by atoms with van der Waals surface area (Å²) in [6.45, 7) is 0. The van der Waals surface area contributed by atoms with Crippen molar-refractivity contribution in [3.8, 4) is 11.1 Å². The Morgan fingerprint density at radius 1 is 1.18 bits per heavy atom. The number of halogens is 2. The van der Waals surface area contributed by atoms with E-state index >= 15 is 0 Å². The molecule has 6 nitrogen and oxygen atoms in total. The van der Waals surface area contributed by atoms with Crippen LogP contribution in [0.25, 0.3) is 11.1 Å². The maximum atomic E-state index is 14.1. The fraction of sp³-hybridized carbons (Fsp3) is 0.0500. The van der Waals surface area contributed by atoms with Gasteiger partial charge in [0.2, 0.25) is 0 Å². The van der Waals surface area contributed by atoms with Crippen molar-refractivity contribution >= 4 is 34.9 Å². The third kappa shape index (κ3) is 4.10. The van der Waals surface area contributed by atoms with Gasteiger partial charge >= 0.3 is 5.97 Å². The van der Waals surface area contributed by atoms with Gasteiger partial charge in [-0.1, -0.05) is 11.6 Å². The molecule has 28 heavy (non-hydrogen) atoms. The second-order valence-electron chi connectivity index (χ2n) is 5.83. The van der Waals surface area contributed by atoms with Crippen LogP contribution in [0.5, 0.6) is 0 Å². The normalized spacial score (nSPS) is 10.4. The lowest BCUT2D eigenvalue weighted by Crippen LogP contribution is -2.13.